The summed E-state index contributed by atoms with van der Waals surface area (Å²) >= 11 is 0. The van der Waals surface area contributed by atoms with E-state index < -0.39 is 28.9 Å². The standard InChI is InChI=1S/C15H27F3N2O2/c1-12(2,3)20(11(21)22-13(4,5)6)10-9-19-14(7-8-14)15(16,17)18/h19H,7-10H2,1-6H3. The predicted molar refractivity (Wildman–Crippen MR) is 78.7 cm³/mol. The Labute approximate surface area is 130 Å². The molecule has 1 rings (SSSR count). The summed E-state index contributed by atoms with van der Waals surface area (Å²) in [4.78, 5) is 13.7. The molecule has 0 aromatic heterocycles. The van der Waals surface area contributed by atoms with Crippen LogP contribution in [0.4, 0.5) is 18.0 Å². The fourth-order valence-corrected chi connectivity index (χ4v) is 2.11. The van der Waals surface area contributed by atoms with Gasteiger partial charge in [-0.25, -0.2) is 4.79 Å². The number of alkyl halides is 3. The Hall–Kier alpha value is -0.980. The molecular formula is C15H27F3N2O2. The molecule has 0 aliphatic heterocycles. The minimum Gasteiger partial charge on any atom is -0.444 e. The van der Waals surface area contributed by atoms with Gasteiger partial charge in [-0.3, -0.25) is 0 Å². The van der Waals surface area contributed by atoms with Gasteiger partial charge in [-0.1, -0.05) is 0 Å². The van der Waals surface area contributed by atoms with E-state index in [1.807, 2.05) is 20.8 Å². The van der Waals surface area contributed by atoms with E-state index in [2.05, 4.69) is 5.32 Å². The molecule has 130 valence electrons. The highest BCUT2D eigenvalue weighted by atomic mass is 19.4. The average Bonchev–Trinajstić information content (AvgIpc) is 2.99. The zero-order chi connectivity index (χ0) is 17.4. The molecule has 0 aromatic rings. The lowest BCUT2D eigenvalue weighted by atomic mass is 10.1. The normalized spacial score (nSPS) is 18.0. The molecule has 0 aromatic carbocycles. The second kappa shape index (κ2) is 5.91. The van der Waals surface area contributed by atoms with Gasteiger partial charge in [-0.15, -0.1) is 0 Å². The molecule has 0 saturated heterocycles. The largest absolute Gasteiger partial charge is 0.444 e. The molecule has 1 amide bonds. The van der Waals surface area contributed by atoms with Crippen LogP contribution in [0.1, 0.15) is 54.4 Å². The van der Waals surface area contributed by atoms with Gasteiger partial charge in [0.25, 0.3) is 0 Å². The molecule has 0 atom stereocenters. The van der Waals surface area contributed by atoms with Crippen LogP contribution < -0.4 is 5.32 Å². The molecule has 0 heterocycles. The molecule has 1 aliphatic rings. The van der Waals surface area contributed by atoms with Crippen LogP contribution >= 0.6 is 0 Å². The van der Waals surface area contributed by atoms with Gasteiger partial charge < -0.3 is 15.0 Å². The maximum Gasteiger partial charge on any atom is 0.410 e. The van der Waals surface area contributed by atoms with Crippen LogP contribution in [-0.4, -0.2) is 46.9 Å². The summed E-state index contributed by atoms with van der Waals surface area (Å²) in [6.07, 6.45) is -4.57. The Morgan fingerprint density at radius 1 is 1.14 bits per heavy atom. The maximum atomic E-state index is 12.9. The number of carbonyl (C=O) groups is 1. The summed E-state index contributed by atoms with van der Waals surface area (Å²) in [5.74, 6) is 0. The van der Waals surface area contributed by atoms with Gasteiger partial charge in [0.2, 0.25) is 0 Å². The van der Waals surface area contributed by atoms with Crippen LogP contribution in [0.25, 0.3) is 0 Å². The van der Waals surface area contributed by atoms with Gasteiger partial charge in [-0.2, -0.15) is 13.2 Å². The average molecular weight is 324 g/mol. The summed E-state index contributed by atoms with van der Waals surface area (Å²) in [5, 5.41) is 2.56. The molecule has 4 nitrogen and oxygen atoms in total. The minimum absolute atomic E-state index is 0.0794. The molecular weight excluding hydrogens is 297 g/mol. The fourth-order valence-electron chi connectivity index (χ4n) is 2.11. The number of nitrogens with one attached hydrogen (secondary N) is 1. The summed E-state index contributed by atoms with van der Waals surface area (Å²) < 4.78 is 43.9. The first-order chi connectivity index (χ1) is 9.68. The van der Waals surface area contributed by atoms with Gasteiger partial charge in [0.15, 0.2) is 0 Å². The smallest absolute Gasteiger partial charge is 0.410 e. The molecule has 0 spiro atoms. The van der Waals surface area contributed by atoms with Crippen molar-refractivity contribution in [2.24, 2.45) is 0 Å². The lowest BCUT2D eigenvalue weighted by Gasteiger charge is -2.37. The van der Waals surface area contributed by atoms with Crippen molar-refractivity contribution < 1.29 is 22.7 Å². The van der Waals surface area contributed by atoms with E-state index in [0.29, 0.717) is 0 Å². The van der Waals surface area contributed by atoms with Gasteiger partial charge in [-0.05, 0) is 54.4 Å². The summed E-state index contributed by atoms with van der Waals surface area (Å²) in [6, 6.07) is 0. The van der Waals surface area contributed by atoms with E-state index in [1.165, 1.54) is 4.90 Å². The van der Waals surface area contributed by atoms with Crippen molar-refractivity contribution >= 4 is 6.09 Å². The van der Waals surface area contributed by atoms with Crippen LogP contribution in [0.15, 0.2) is 0 Å². The Balaban J connectivity index is 2.63. The van der Waals surface area contributed by atoms with Crippen LogP contribution in [0.3, 0.4) is 0 Å². The number of halogens is 3. The first kappa shape index (κ1) is 19.1. The molecule has 0 unspecified atom stereocenters. The van der Waals surface area contributed by atoms with E-state index in [-0.39, 0.29) is 25.9 Å². The van der Waals surface area contributed by atoms with Crippen molar-refractivity contribution in [3.05, 3.63) is 0 Å². The van der Waals surface area contributed by atoms with Crippen LogP contribution in [0, 0.1) is 0 Å². The van der Waals surface area contributed by atoms with Gasteiger partial charge in [0.1, 0.15) is 11.1 Å². The van der Waals surface area contributed by atoms with Gasteiger partial charge in [0, 0.05) is 18.6 Å². The first-order valence-corrected chi connectivity index (χ1v) is 7.50. The van der Waals surface area contributed by atoms with Crippen molar-refractivity contribution in [1.29, 1.82) is 0 Å². The second-order valence-electron chi connectivity index (χ2n) is 7.81. The number of amides is 1. The minimum atomic E-state index is -4.24. The van der Waals surface area contributed by atoms with Crippen molar-refractivity contribution in [3.8, 4) is 0 Å². The SMILES string of the molecule is CC(C)(C)OC(=O)N(CCNC1(C(F)(F)F)CC1)C(C)(C)C. The molecule has 0 bridgehead atoms. The molecule has 1 N–H and O–H groups in total. The third-order valence-electron chi connectivity index (χ3n) is 3.52. The van der Waals surface area contributed by atoms with E-state index >= 15 is 0 Å². The Kier molecular flexibility index (Phi) is 5.12. The zero-order valence-corrected chi connectivity index (χ0v) is 14.2. The molecule has 7 heteroatoms. The highest BCUT2D eigenvalue weighted by Gasteiger charge is 2.62. The van der Waals surface area contributed by atoms with Crippen LogP contribution in [-0.2, 0) is 4.74 Å². The summed E-state index contributed by atoms with van der Waals surface area (Å²) in [7, 11) is 0. The number of ether oxygens (including phenoxy) is 1. The summed E-state index contributed by atoms with van der Waals surface area (Å²) in [5.41, 5.74) is -2.93. The maximum absolute atomic E-state index is 12.9. The molecule has 1 aliphatic carbocycles. The molecule has 1 saturated carbocycles. The second-order valence-corrected chi connectivity index (χ2v) is 7.81. The quantitative estimate of drug-likeness (QED) is 0.857. The first-order valence-electron chi connectivity index (χ1n) is 7.50. The van der Waals surface area contributed by atoms with Crippen LogP contribution in [0.5, 0.6) is 0 Å². The lowest BCUT2D eigenvalue weighted by Crippen LogP contribution is -2.53. The number of hydrogen-bond donors (Lipinski definition) is 1. The third-order valence-corrected chi connectivity index (χ3v) is 3.52. The Morgan fingerprint density at radius 2 is 1.64 bits per heavy atom. The number of hydrogen-bond acceptors (Lipinski definition) is 3. The van der Waals surface area contributed by atoms with E-state index in [0.717, 1.165) is 0 Å². The summed E-state index contributed by atoms with van der Waals surface area (Å²) in [6.45, 7) is 11.0. The third kappa shape index (κ3) is 5.04. The highest BCUT2D eigenvalue weighted by Crippen LogP contribution is 2.48. The van der Waals surface area contributed by atoms with Crippen molar-refractivity contribution in [2.45, 2.75) is 77.2 Å². The van der Waals surface area contributed by atoms with Gasteiger partial charge in [0.05, 0.1) is 0 Å². The Morgan fingerprint density at radius 3 is 1.95 bits per heavy atom. The number of rotatable bonds is 4. The van der Waals surface area contributed by atoms with Crippen LogP contribution in [0.2, 0.25) is 0 Å². The van der Waals surface area contributed by atoms with E-state index in [9.17, 15) is 18.0 Å². The van der Waals surface area contributed by atoms with Gasteiger partial charge >= 0.3 is 12.3 Å². The highest BCUT2D eigenvalue weighted by molar-refractivity contribution is 5.69. The monoisotopic (exact) mass is 324 g/mol. The molecule has 22 heavy (non-hydrogen) atoms. The van der Waals surface area contributed by atoms with E-state index in [1.54, 1.807) is 20.8 Å². The lowest BCUT2D eigenvalue weighted by molar-refractivity contribution is -0.165. The molecule has 0 radical (unpaired) electrons. The zero-order valence-electron chi connectivity index (χ0n) is 14.2. The topological polar surface area (TPSA) is 41.6 Å². The Bertz CT molecular complexity index is 404. The van der Waals surface area contributed by atoms with Crippen molar-refractivity contribution in [1.82, 2.24) is 10.2 Å². The number of carbonyl (C=O) groups excluding carboxylic acids is 1. The van der Waals surface area contributed by atoms with Crippen molar-refractivity contribution in [3.63, 3.8) is 0 Å². The molecule has 1 fully saturated rings. The fraction of sp³-hybridized carbons (Fsp3) is 0.933. The van der Waals surface area contributed by atoms with E-state index in [4.69, 9.17) is 4.74 Å². The predicted octanol–water partition coefficient (Wildman–Crippen LogP) is 3.71. The van der Waals surface area contributed by atoms with Crippen molar-refractivity contribution in [2.75, 3.05) is 13.1 Å². The number of nitrogens with zero attached hydrogens (tertiary/aromatic N) is 1.